The Labute approximate surface area is 151 Å². The fourth-order valence-electron chi connectivity index (χ4n) is 3.26. The van der Waals surface area contributed by atoms with Crippen LogP contribution in [0.3, 0.4) is 0 Å². The summed E-state index contributed by atoms with van der Waals surface area (Å²) in [7, 11) is 0. The molecule has 134 valence electrons. The highest BCUT2D eigenvalue weighted by Crippen LogP contribution is 2.32. The van der Waals surface area contributed by atoms with E-state index in [2.05, 4.69) is 13.8 Å². The van der Waals surface area contributed by atoms with Gasteiger partial charge in [-0.05, 0) is 31.0 Å². The van der Waals surface area contributed by atoms with E-state index < -0.39 is 11.6 Å². The standard InChI is InChI=1S/C20H24F2N2S/c1-3-5-6-7-8-14(4-2)18-12-24-19(13-25-20(24)23-18)16-11-15(21)9-10-17(16)22/h9-14H,3-8H2,1-2H3. The van der Waals surface area contributed by atoms with E-state index in [1.807, 2.05) is 16.0 Å². The minimum absolute atomic E-state index is 0.284. The van der Waals surface area contributed by atoms with Gasteiger partial charge < -0.3 is 0 Å². The van der Waals surface area contributed by atoms with Crippen LogP contribution in [0.2, 0.25) is 0 Å². The van der Waals surface area contributed by atoms with Gasteiger partial charge in [0.1, 0.15) is 11.6 Å². The van der Waals surface area contributed by atoms with Crippen LogP contribution in [-0.2, 0) is 0 Å². The molecule has 0 saturated carbocycles. The number of hydrogen-bond donors (Lipinski definition) is 0. The summed E-state index contributed by atoms with van der Waals surface area (Å²) >= 11 is 1.47. The summed E-state index contributed by atoms with van der Waals surface area (Å²) in [6.07, 6.45) is 9.15. The second kappa shape index (κ2) is 8.09. The molecular formula is C20H24F2N2S. The van der Waals surface area contributed by atoms with Gasteiger partial charge >= 0.3 is 0 Å². The van der Waals surface area contributed by atoms with Gasteiger partial charge in [0.25, 0.3) is 0 Å². The molecule has 25 heavy (non-hydrogen) atoms. The lowest BCUT2D eigenvalue weighted by atomic mass is 9.95. The molecule has 0 aliphatic carbocycles. The Balaban J connectivity index is 1.88. The maximum Gasteiger partial charge on any atom is 0.194 e. The molecule has 0 fully saturated rings. The quantitative estimate of drug-likeness (QED) is 0.403. The van der Waals surface area contributed by atoms with E-state index >= 15 is 0 Å². The molecule has 0 N–H and O–H groups in total. The number of nitrogens with zero attached hydrogens (tertiary/aromatic N) is 2. The van der Waals surface area contributed by atoms with Crippen molar-refractivity contribution < 1.29 is 8.78 Å². The van der Waals surface area contributed by atoms with Crippen LogP contribution in [0.5, 0.6) is 0 Å². The number of benzene rings is 1. The van der Waals surface area contributed by atoms with E-state index in [0.717, 1.165) is 29.6 Å². The largest absolute Gasteiger partial charge is 0.290 e. The molecule has 2 heterocycles. The van der Waals surface area contributed by atoms with Crippen molar-refractivity contribution in [3.05, 3.63) is 47.1 Å². The third-order valence-electron chi connectivity index (χ3n) is 4.75. The number of unbranched alkanes of at least 4 members (excludes halogenated alkanes) is 3. The highest BCUT2D eigenvalue weighted by molar-refractivity contribution is 7.15. The number of rotatable bonds is 8. The summed E-state index contributed by atoms with van der Waals surface area (Å²) in [6.45, 7) is 4.40. The van der Waals surface area contributed by atoms with Gasteiger partial charge in [0.05, 0.1) is 11.4 Å². The average Bonchev–Trinajstić information content (AvgIpc) is 3.18. The monoisotopic (exact) mass is 362 g/mol. The predicted octanol–water partition coefficient (Wildman–Crippen LogP) is 6.81. The lowest BCUT2D eigenvalue weighted by molar-refractivity contribution is 0.535. The van der Waals surface area contributed by atoms with Crippen LogP contribution < -0.4 is 0 Å². The first-order valence-electron chi connectivity index (χ1n) is 9.06. The van der Waals surface area contributed by atoms with Crippen LogP contribution in [-0.4, -0.2) is 9.38 Å². The fourth-order valence-corrected chi connectivity index (χ4v) is 4.14. The number of thiazole rings is 1. The maximum absolute atomic E-state index is 14.1. The van der Waals surface area contributed by atoms with E-state index in [4.69, 9.17) is 4.98 Å². The molecule has 0 saturated heterocycles. The third kappa shape index (κ3) is 3.92. The van der Waals surface area contributed by atoms with Gasteiger partial charge in [0.2, 0.25) is 0 Å². The van der Waals surface area contributed by atoms with Crippen LogP contribution in [0.15, 0.2) is 29.8 Å². The van der Waals surface area contributed by atoms with E-state index in [1.165, 1.54) is 49.2 Å². The van der Waals surface area contributed by atoms with Gasteiger partial charge in [0.15, 0.2) is 4.96 Å². The summed E-state index contributed by atoms with van der Waals surface area (Å²) < 4.78 is 29.6. The van der Waals surface area contributed by atoms with Gasteiger partial charge in [-0.3, -0.25) is 4.40 Å². The second-order valence-corrected chi connectivity index (χ2v) is 7.35. The number of aromatic nitrogens is 2. The summed E-state index contributed by atoms with van der Waals surface area (Å²) in [5.41, 5.74) is 2.01. The second-order valence-electron chi connectivity index (χ2n) is 6.52. The Morgan fingerprint density at radius 2 is 2.00 bits per heavy atom. The number of halogens is 2. The Morgan fingerprint density at radius 1 is 1.16 bits per heavy atom. The lowest BCUT2D eigenvalue weighted by Gasteiger charge is -2.11. The van der Waals surface area contributed by atoms with Crippen LogP contribution in [0, 0.1) is 11.6 Å². The van der Waals surface area contributed by atoms with E-state index in [0.29, 0.717) is 11.6 Å². The normalized spacial score (nSPS) is 12.8. The molecule has 2 aromatic heterocycles. The Hall–Kier alpha value is -1.75. The first-order chi connectivity index (χ1) is 12.1. The Kier molecular flexibility index (Phi) is 5.84. The molecule has 0 spiro atoms. The first-order valence-corrected chi connectivity index (χ1v) is 9.93. The summed E-state index contributed by atoms with van der Waals surface area (Å²) in [5.74, 6) is -0.421. The van der Waals surface area contributed by atoms with Gasteiger partial charge in [-0.25, -0.2) is 13.8 Å². The average molecular weight is 362 g/mol. The number of imidazole rings is 1. The summed E-state index contributed by atoms with van der Waals surface area (Å²) in [6, 6.07) is 3.57. The number of hydrogen-bond acceptors (Lipinski definition) is 2. The minimum atomic E-state index is -0.432. The SMILES string of the molecule is CCCCCCC(CC)c1cn2c(-c3cc(F)ccc3F)csc2n1. The zero-order valence-electron chi connectivity index (χ0n) is 14.8. The molecule has 0 amide bonds. The van der Waals surface area contributed by atoms with Crippen molar-refractivity contribution in [2.75, 3.05) is 0 Å². The fraction of sp³-hybridized carbons (Fsp3) is 0.450. The van der Waals surface area contributed by atoms with Crippen molar-refractivity contribution >= 4 is 16.3 Å². The molecule has 2 nitrogen and oxygen atoms in total. The van der Waals surface area contributed by atoms with Crippen LogP contribution >= 0.6 is 11.3 Å². The molecular weight excluding hydrogens is 338 g/mol. The topological polar surface area (TPSA) is 17.3 Å². The Morgan fingerprint density at radius 3 is 2.76 bits per heavy atom. The molecule has 3 rings (SSSR count). The van der Waals surface area contributed by atoms with Gasteiger partial charge in [0, 0.05) is 23.1 Å². The summed E-state index contributed by atoms with van der Waals surface area (Å²) in [4.78, 5) is 5.58. The molecule has 3 aromatic rings. The van der Waals surface area contributed by atoms with E-state index in [9.17, 15) is 8.78 Å². The smallest absolute Gasteiger partial charge is 0.194 e. The van der Waals surface area contributed by atoms with Crippen molar-refractivity contribution in [2.45, 2.75) is 58.3 Å². The Bertz CT molecular complexity index is 837. The highest BCUT2D eigenvalue weighted by atomic mass is 32.1. The predicted molar refractivity (Wildman–Crippen MR) is 100 cm³/mol. The molecule has 1 aromatic carbocycles. The summed E-state index contributed by atoms with van der Waals surface area (Å²) in [5, 5.41) is 1.84. The number of fused-ring (bicyclic) bond motifs is 1. The van der Waals surface area contributed by atoms with Gasteiger partial charge in [-0.1, -0.05) is 39.5 Å². The van der Waals surface area contributed by atoms with Crippen molar-refractivity contribution in [1.82, 2.24) is 9.38 Å². The van der Waals surface area contributed by atoms with Crippen molar-refractivity contribution in [1.29, 1.82) is 0 Å². The first kappa shape index (κ1) is 18.1. The molecule has 0 aliphatic heterocycles. The zero-order chi connectivity index (χ0) is 17.8. The van der Waals surface area contributed by atoms with Crippen LogP contribution in [0.1, 0.15) is 64.0 Å². The van der Waals surface area contributed by atoms with Crippen LogP contribution in [0.4, 0.5) is 8.78 Å². The lowest BCUT2D eigenvalue weighted by Crippen LogP contribution is -1.98. The molecule has 1 atom stereocenters. The van der Waals surface area contributed by atoms with E-state index in [-0.39, 0.29) is 5.56 Å². The molecule has 1 unspecified atom stereocenters. The third-order valence-corrected chi connectivity index (χ3v) is 5.59. The van der Waals surface area contributed by atoms with Crippen molar-refractivity contribution in [3.8, 4) is 11.3 Å². The van der Waals surface area contributed by atoms with Gasteiger partial charge in [-0.15, -0.1) is 11.3 Å². The van der Waals surface area contributed by atoms with Gasteiger partial charge in [-0.2, -0.15) is 0 Å². The minimum Gasteiger partial charge on any atom is -0.290 e. The molecule has 0 radical (unpaired) electrons. The molecule has 5 heteroatoms. The molecule has 0 bridgehead atoms. The van der Waals surface area contributed by atoms with Crippen LogP contribution in [0.25, 0.3) is 16.2 Å². The maximum atomic E-state index is 14.1. The van der Waals surface area contributed by atoms with Crippen molar-refractivity contribution in [2.24, 2.45) is 0 Å². The molecule has 0 aliphatic rings. The van der Waals surface area contributed by atoms with E-state index in [1.54, 1.807) is 0 Å². The highest BCUT2D eigenvalue weighted by Gasteiger charge is 2.18. The zero-order valence-corrected chi connectivity index (χ0v) is 15.6. The van der Waals surface area contributed by atoms with Crippen molar-refractivity contribution in [3.63, 3.8) is 0 Å².